The highest BCUT2D eigenvalue weighted by Crippen LogP contribution is 2.21. The fourth-order valence-corrected chi connectivity index (χ4v) is 3.69. The van der Waals surface area contributed by atoms with Crippen molar-refractivity contribution >= 4 is 18.0 Å². The van der Waals surface area contributed by atoms with Crippen LogP contribution in [0.1, 0.15) is 37.7 Å². The third-order valence-corrected chi connectivity index (χ3v) is 5.35. The van der Waals surface area contributed by atoms with Crippen LogP contribution in [-0.4, -0.2) is 70.2 Å². The molecule has 4 N–H and O–H groups in total. The van der Waals surface area contributed by atoms with E-state index in [1.165, 1.54) is 9.80 Å². The zero-order valence-electron chi connectivity index (χ0n) is 16.7. The van der Waals surface area contributed by atoms with Gasteiger partial charge in [-0.1, -0.05) is 30.3 Å². The molecule has 1 aromatic rings. The number of aliphatic carboxylic acids is 2. The predicted octanol–water partition coefficient (Wildman–Crippen LogP) is 2.03. The summed E-state index contributed by atoms with van der Waals surface area (Å²) in [6.07, 6.45) is 3.43. The number of likely N-dealkylation sites (tertiary alicyclic amines) is 1. The second kappa shape index (κ2) is 11.4. The van der Waals surface area contributed by atoms with E-state index in [-0.39, 0.29) is 6.54 Å². The molecule has 1 saturated heterocycles. The quantitative estimate of drug-likeness (QED) is 0.484. The Morgan fingerprint density at radius 3 is 2.52 bits per heavy atom. The van der Waals surface area contributed by atoms with E-state index in [2.05, 4.69) is 0 Å². The van der Waals surface area contributed by atoms with Crippen molar-refractivity contribution in [2.75, 3.05) is 26.2 Å². The van der Waals surface area contributed by atoms with Crippen molar-refractivity contribution in [2.24, 2.45) is 11.7 Å². The van der Waals surface area contributed by atoms with Crippen LogP contribution in [-0.2, 0) is 16.0 Å². The molecule has 1 fully saturated rings. The van der Waals surface area contributed by atoms with E-state index in [4.69, 9.17) is 5.73 Å². The third-order valence-electron chi connectivity index (χ3n) is 5.35. The zero-order valence-corrected chi connectivity index (χ0v) is 16.7. The molecule has 0 saturated carbocycles. The number of rotatable bonds is 11. The first-order valence-corrected chi connectivity index (χ1v) is 10.2. The van der Waals surface area contributed by atoms with Crippen LogP contribution in [0.3, 0.4) is 0 Å². The largest absolute Gasteiger partial charge is 0.481 e. The fraction of sp³-hybridized carbons (Fsp3) is 0.571. The molecule has 1 unspecified atom stereocenters. The Morgan fingerprint density at radius 1 is 1.17 bits per heavy atom. The molecule has 1 aliphatic rings. The topological polar surface area (TPSA) is 124 Å². The van der Waals surface area contributed by atoms with Crippen LogP contribution < -0.4 is 5.73 Å². The molecule has 1 aliphatic heterocycles. The molecule has 160 valence electrons. The minimum Gasteiger partial charge on any atom is -0.481 e. The van der Waals surface area contributed by atoms with Gasteiger partial charge in [0.15, 0.2) is 0 Å². The highest BCUT2D eigenvalue weighted by atomic mass is 16.4. The van der Waals surface area contributed by atoms with Crippen molar-refractivity contribution in [1.29, 1.82) is 0 Å². The van der Waals surface area contributed by atoms with Crippen molar-refractivity contribution in [3.05, 3.63) is 35.9 Å². The van der Waals surface area contributed by atoms with Crippen molar-refractivity contribution in [2.45, 2.75) is 44.6 Å². The normalized spacial score (nSPS) is 17.1. The van der Waals surface area contributed by atoms with Crippen LogP contribution in [0.4, 0.5) is 4.79 Å². The number of carboxylic acids is 2. The fourth-order valence-electron chi connectivity index (χ4n) is 3.69. The van der Waals surface area contributed by atoms with E-state index >= 15 is 0 Å². The van der Waals surface area contributed by atoms with E-state index < -0.39 is 29.9 Å². The van der Waals surface area contributed by atoms with Crippen LogP contribution in [0, 0.1) is 5.92 Å². The highest BCUT2D eigenvalue weighted by molar-refractivity contribution is 5.83. The minimum absolute atomic E-state index is 0.0639. The first kappa shape index (κ1) is 22.7. The maximum absolute atomic E-state index is 13.1. The number of amides is 2. The van der Waals surface area contributed by atoms with Crippen LogP contribution >= 0.6 is 0 Å². The lowest BCUT2D eigenvalue weighted by Gasteiger charge is -2.32. The number of aryl methyl sites for hydroxylation is 1. The standard InChI is InChI=1S/C21H31N3O5/c22-12-4-5-13-23(21(29)24-14-6-9-18(24)20(27)28)15-17(19(25)26)11-10-16-7-2-1-3-8-16/h1-3,7-8,17-18H,4-6,9-15,22H2,(H,25,26)(H,27,28)/t17?,18-/m0/s1. The van der Waals surface area contributed by atoms with Crippen molar-refractivity contribution in [3.63, 3.8) is 0 Å². The Kier molecular flexibility index (Phi) is 8.92. The van der Waals surface area contributed by atoms with Crippen molar-refractivity contribution < 1.29 is 24.6 Å². The van der Waals surface area contributed by atoms with Crippen LogP contribution in [0.2, 0.25) is 0 Å². The van der Waals surface area contributed by atoms with Gasteiger partial charge >= 0.3 is 18.0 Å². The van der Waals surface area contributed by atoms with Gasteiger partial charge in [-0.2, -0.15) is 0 Å². The number of hydrogen-bond acceptors (Lipinski definition) is 4. The lowest BCUT2D eigenvalue weighted by Crippen LogP contribution is -2.50. The third kappa shape index (κ3) is 6.74. The summed E-state index contributed by atoms with van der Waals surface area (Å²) in [7, 11) is 0. The van der Waals surface area contributed by atoms with Crippen molar-refractivity contribution in [3.8, 4) is 0 Å². The lowest BCUT2D eigenvalue weighted by atomic mass is 9.99. The molecule has 2 atom stereocenters. The molecule has 0 spiro atoms. The number of hydrogen-bond donors (Lipinski definition) is 3. The first-order valence-electron chi connectivity index (χ1n) is 10.2. The van der Waals surface area contributed by atoms with Gasteiger partial charge in [0.2, 0.25) is 0 Å². The summed E-state index contributed by atoms with van der Waals surface area (Å²) in [5, 5.41) is 19.1. The number of carbonyl (C=O) groups excluding carboxylic acids is 1. The second-order valence-corrected chi connectivity index (χ2v) is 7.47. The summed E-state index contributed by atoms with van der Waals surface area (Å²) in [4.78, 5) is 39.2. The minimum atomic E-state index is -1.02. The molecule has 0 radical (unpaired) electrons. The molecule has 0 aromatic heterocycles. The predicted molar refractivity (Wildman–Crippen MR) is 109 cm³/mol. The molecule has 8 nitrogen and oxygen atoms in total. The Morgan fingerprint density at radius 2 is 1.90 bits per heavy atom. The van der Waals surface area contributed by atoms with Gasteiger partial charge in [0.1, 0.15) is 6.04 Å². The zero-order chi connectivity index (χ0) is 21.2. The molecule has 1 heterocycles. The Hall–Kier alpha value is -2.61. The first-order chi connectivity index (χ1) is 13.9. The van der Waals surface area contributed by atoms with Crippen LogP contribution in [0.5, 0.6) is 0 Å². The van der Waals surface area contributed by atoms with Gasteiger partial charge in [0.05, 0.1) is 5.92 Å². The summed E-state index contributed by atoms with van der Waals surface area (Å²) < 4.78 is 0. The second-order valence-electron chi connectivity index (χ2n) is 7.47. The molecule has 29 heavy (non-hydrogen) atoms. The highest BCUT2D eigenvalue weighted by Gasteiger charge is 2.37. The Bertz CT molecular complexity index is 682. The van der Waals surface area contributed by atoms with Gasteiger partial charge in [0.25, 0.3) is 0 Å². The van der Waals surface area contributed by atoms with Gasteiger partial charge in [0, 0.05) is 19.6 Å². The maximum Gasteiger partial charge on any atom is 0.326 e. The molecule has 2 rings (SSSR count). The summed E-state index contributed by atoms with van der Waals surface area (Å²) in [6.45, 7) is 1.30. The number of carbonyl (C=O) groups is 3. The molecular formula is C21H31N3O5. The number of benzene rings is 1. The smallest absolute Gasteiger partial charge is 0.326 e. The molecule has 2 amide bonds. The van der Waals surface area contributed by atoms with Gasteiger partial charge in [-0.15, -0.1) is 0 Å². The summed E-state index contributed by atoms with van der Waals surface area (Å²) in [6, 6.07) is 8.39. The van der Waals surface area contributed by atoms with Crippen LogP contribution in [0.25, 0.3) is 0 Å². The SMILES string of the molecule is NCCCCN(CC(CCc1ccccc1)C(=O)O)C(=O)N1CCC[C@H]1C(=O)O. The summed E-state index contributed by atoms with van der Waals surface area (Å²) in [5.74, 6) is -2.69. The number of carboxylic acid groups (broad SMARTS) is 2. The van der Waals surface area contributed by atoms with E-state index in [0.717, 1.165) is 5.56 Å². The van der Waals surface area contributed by atoms with E-state index in [9.17, 15) is 24.6 Å². The number of nitrogens with zero attached hydrogens (tertiary/aromatic N) is 2. The monoisotopic (exact) mass is 405 g/mol. The molecule has 0 aliphatic carbocycles. The van der Waals surface area contributed by atoms with Crippen LogP contribution in [0.15, 0.2) is 30.3 Å². The lowest BCUT2D eigenvalue weighted by molar-refractivity contribution is -0.143. The maximum atomic E-state index is 13.1. The van der Waals surface area contributed by atoms with Gasteiger partial charge in [-0.05, 0) is 50.6 Å². The van der Waals surface area contributed by atoms with Crippen molar-refractivity contribution in [1.82, 2.24) is 9.80 Å². The van der Waals surface area contributed by atoms with E-state index in [0.29, 0.717) is 58.2 Å². The van der Waals surface area contributed by atoms with E-state index in [1.807, 2.05) is 30.3 Å². The molecule has 1 aromatic carbocycles. The number of nitrogens with two attached hydrogens (primary N) is 1. The summed E-state index contributed by atoms with van der Waals surface area (Å²) in [5.41, 5.74) is 6.60. The number of urea groups is 1. The van der Waals surface area contributed by atoms with Gasteiger partial charge in [-0.25, -0.2) is 9.59 Å². The average Bonchev–Trinajstić information content (AvgIpc) is 3.20. The Labute approximate surface area is 171 Å². The Balaban J connectivity index is 2.08. The average molecular weight is 405 g/mol. The molecular weight excluding hydrogens is 374 g/mol. The van der Waals surface area contributed by atoms with Gasteiger partial charge in [-0.3, -0.25) is 4.79 Å². The summed E-state index contributed by atoms with van der Waals surface area (Å²) >= 11 is 0. The van der Waals surface area contributed by atoms with Gasteiger partial charge < -0.3 is 25.7 Å². The molecule has 8 heteroatoms. The number of unbranched alkanes of at least 4 members (excludes halogenated alkanes) is 1. The van der Waals surface area contributed by atoms with E-state index in [1.54, 1.807) is 0 Å². The molecule has 0 bridgehead atoms.